The molecule has 1 saturated heterocycles. The fraction of sp³-hybridized carbons (Fsp3) is 0.409. The lowest BCUT2D eigenvalue weighted by atomic mass is 9.91. The number of nitrogens with one attached hydrogen (secondary N) is 1. The zero-order valence-electron chi connectivity index (χ0n) is 17.9. The molecule has 0 amide bonds. The van der Waals surface area contributed by atoms with Gasteiger partial charge in [0.15, 0.2) is 0 Å². The van der Waals surface area contributed by atoms with Crippen molar-refractivity contribution in [2.45, 2.75) is 32.6 Å². The number of nitrogens with zero attached hydrogens (tertiary/aromatic N) is 6. The second-order valence-electron chi connectivity index (χ2n) is 8.78. The molecule has 2 aromatic heterocycles. The van der Waals surface area contributed by atoms with Crippen molar-refractivity contribution in [1.82, 2.24) is 15.0 Å². The number of nitro groups is 1. The highest BCUT2D eigenvalue weighted by atomic mass is 16.6. The summed E-state index contributed by atoms with van der Waals surface area (Å²) < 4.78 is 0. The minimum atomic E-state index is -0.407. The molecule has 31 heavy (non-hydrogen) atoms. The number of H-pyrrole nitrogens is 1. The smallest absolute Gasteiger partial charge is 0.271 e. The first-order chi connectivity index (χ1) is 14.8. The van der Waals surface area contributed by atoms with Crippen LogP contribution in [0.15, 0.2) is 30.3 Å². The Balaban J connectivity index is 1.57. The largest absolute Gasteiger partial charge is 0.354 e. The zero-order chi connectivity index (χ0) is 22.2. The van der Waals surface area contributed by atoms with Gasteiger partial charge in [-0.15, -0.1) is 0 Å². The number of anilines is 2. The summed E-state index contributed by atoms with van der Waals surface area (Å²) in [6, 6.07) is 10.7. The van der Waals surface area contributed by atoms with Crippen molar-refractivity contribution in [3.8, 4) is 6.07 Å². The van der Waals surface area contributed by atoms with Crippen molar-refractivity contribution >= 4 is 28.5 Å². The van der Waals surface area contributed by atoms with Crippen molar-refractivity contribution in [2.24, 2.45) is 0 Å². The molecule has 3 heterocycles. The van der Waals surface area contributed by atoms with Gasteiger partial charge in [-0.2, -0.15) is 5.26 Å². The summed E-state index contributed by atoms with van der Waals surface area (Å²) in [7, 11) is 0. The predicted octanol–water partition coefficient (Wildman–Crippen LogP) is 3.75. The van der Waals surface area contributed by atoms with E-state index in [1.807, 2.05) is 12.1 Å². The average molecular weight is 419 g/mol. The second kappa shape index (κ2) is 7.87. The number of nitro benzene ring substituents is 1. The lowest BCUT2D eigenvalue weighted by Crippen LogP contribution is -2.32. The Morgan fingerprint density at radius 2 is 1.84 bits per heavy atom. The fourth-order valence-corrected chi connectivity index (χ4v) is 3.78. The maximum absolute atomic E-state index is 11.0. The minimum absolute atomic E-state index is 0.0404. The van der Waals surface area contributed by atoms with E-state index in [-0.39, 0.29) is 11.1 Å². The Hall–Kier alpha value is -3.67. The second-order valence-corrected chi connectivity index (χ2v) is 8.78. The van der Waals surface area contributed by atoms with Crippen LogP contribution in [0.5, 0.6) is 0 Å². The number of pyridine rings is 1. The first-order valence-corrected chi connectivity index (χ1v) is 10.3. The molecule has 4 rings (SSSR count). The van der Waals surface area contributed by atoms with Crippen LogP contribution < -0.4 is 9.80 Å². The van der Waals surface area contributed by atoms with E-state index in [2.05, 4.69) is 46.6 Å². The van der Waals surface area contributed by atoms with E-state index in [0.717, 1.165) is 31.0 Å². The molecule has 0 aliphatic carbocycles. The van der Waals surface area contributed by atoms with E-state index in [4.69, 9.17) is 4.98 Å². The molecule has 3 aromatic rings. The summed E-state index contributed by atoms with van der Waals surface area (Å²) in [4.78, 5) is 27.6. The number of non-ortho nitro benzene ring substituents is 1. The number of aromatic nitrogens is 3. The summed E-state index contributed by atoms with van der Waals surface area (Å²) in [6.45, 7) is 9.32. The maximum atomic E-state index is 11.0. The first-order valence-electron chi connectivity index (χ1n) is 10.3. The Morgan fingerprint density at radius 1 is 1.10 bits per heavy atom. The molecule has 0 unspecified atom stereocenters. The standard InChI is InChI=1S/C22H25N7O2/c1-22(2,3)19-8-5-15(14-23)20(26-19)27-9-4-10-28(12-11-27)21-24-17-7-6-16(29(30)31)13-18(17)25-21/h5-8,13H,4,9-12H2,1-3H3,(H,24,25). The molecule has 160 valence electrons. The Labute approximate surface area is 180 Å². The lowest BCUT2D eigenvalue weighted by Gasteiger charge is -2.26. The average Bonchev–Trinajstić information content (AvgIpc) is 3.01. The summed E-state index contributed by atoms with van der Waals surface area (Å²) in [5.74, 6) is 1.44. The van der Waals surface area contributed by atoms with Gasteiger partial charge in [-0.25, -0.2) is 9.97 Å². The topological polar surface area (TPSA) is 115 Å². The number of hydrogen-bond acceptors (Lipinski definition) is 7. The maximum Gasteiger partial charge on any atom is 0.271 e. The number of fused-ring (bicyclic) bond motifs is 1. The fourth-order valence-electron chi connectivity index (χ4n) is 3.78. The monoisotopic (exact) mass is 419 g/mol. The van der Waals surface area contributed by atoms with Crippen LogP contribution in [0.4, 0.5) is 17.5 Å². The van der Waals surface area contributed by atoms with Gasteiger partial charge in [-0.3, -0.25) is 10.1 Å². The number of hydrogen-bond donors (Lipinski definition) is 1. The summed E-state index contributed by atoms with van der Waals surface area (Å²) >= 11 is 0. The number of benzene rings is 1. The van der Waals surface area contributed by atoms with Crippen LogP contribution in [-0.2, 0) is 5.41 Å². The third-order valence-corrected chi connectivity index (χ3v) is 5.52. The molecular weight excluding hydrogens is 394 g/mol. The highest BCUT2D eigenvalue weighted by Gasteiger charge is 2.23. The molecule has 1 fully saturated rings. The van der Waals surface area contributed by atoms with Crippen LogP contribution in [0.3, 0.4) is 0 Å². The van der Waals surface area contributed by atoms with Crippen LogP contribution in [0.2, 0.25) is 0 Å². The van der Waals surface area contributed by atoms with Gasteiger partial charge in [0.1, 0.15) is 11.9 Å². The predicted molar refractivity (Wildman–Crippen MR) is 119 cm³/mol. The highest BCUT2D eigenvalue weighted by molar-refractivity contribution is 5.80. The van der Waals surface area contributed by atoms with E-state index in [1.165, 1.54) is 12.1 Å². The Kier molecular flexibility index (Phi) is 5.23. The molecule has 1 aliphatic heterocycles. The Bertz CT molecular complexity index is 1170. The first kappa shape index (κ1) is 20.6. The molecule has 9 heteroatoms. The van der Waals surface area contributed by atoms with E-state index in [1.54, 1.807) is 6.07 Å². The minimum Gasteiger partial charge on any atom is -0.354 e. The normalized spacial score (nSPS) is 15.0. The third-order valence-electron chi connectivity index (χ3n) is 5.52. The number of aromatic amines is 1. The summed E-state index contributed by atoms with van der Waals surface area (Å²) in [6.07, 6.45) is 0.878. The van der Waals surface area contributed by atoms with Gasteiger partial charge in [-0.05, 0) is 24.6 Å². The van der Waals surface area contributed by atoms with Crippen molar-refractivity contribution in [2.75, 3.05) is 36.0 Å². The van der Waals surface area contributed by atoms with Gasteiger partial charge in [-0.1, -0.05) is 20.8 Å². The number of nitriles is 1. The van der Waals surface area contributed by atoms with Gasteiger partial charge < -0.3 is 14.8 Å². The van der Waals surface area contributed by atoms with Crippen molar-refractivity contribution in [3.63, 3.8) is 0 Å². The highest BCUT2D eigenvalue weighted by Crippen LogP contribution is 2.27. The van der Waals surface area contributed by atoms with Crippen molar-refractivity contribution in [1.29, 1.82) is 5.26 Å². The van der Waals surface area contributed by atoms with E-state index in [9.17, 15) is 15.4 Å². The van der Waals surface area contributed by atoms with Gasteiger partial charge in [0, 0.05) is 49.4 Å². The van der Waals surface area contributed by atoms with Crippen LogP contribution in [0, 0.1) is 21.4 Å². The number of rotatable bonds is 3. The van der Waals surface area contributed by atoms with E-state index in [0.29, 0.717) is 35.6 Å². The quantitative estimate of drug-likeness (QED) is 0.508. The molecule has 1 aromatic carbocycles. The van der Waals surface area contributed by atoms with Gasteiger partial charge >= 0.3 is 0 Å². The molecule has 0 spiro atoms. The lowest BCUT2D eigenvalue weighted by molar-refractivity contribution is -0.384. The van der Waals surface area contributed by atoms with Crippen molar-refractivity contribution in [3.05, 3.63) is 51.7 Å². The van der Waals surface area contributed by atoms with E-state index < -0.39 is 4.92 Å². The molecular formula is C22H25N7O2. The molecule has 0 bridgehead atoms. The zero-order valence-corrected chi connectivity index (χ0v) is 17.9. The molecule has 0 saturated carbocycles. The van der Waals surface area contributed by atoms with Crippen LogP contribution in [0.1, 0.15) is 38.4 Å². The SMILES string of the molecule is CC(C)(C)c1ccc(C#N)c(N2CCCN(c3nc4ccc([N+](=O)[O-])cc4[nH]3)CC2)n1. The van der Waals surface area contributed by atoms with Crippen LogP contribution >= 0.6 is 0 Å². The summed E-state index contributed by atoms with van der Waals surface area (Å²) in [5, 5.41) is 20.6. The van der Waals surface area contributed by atoms with E-state index >= 15 is 0 Å². The van der Waals surface area contributed by atoms with Gasteiger partial charge in [0.2, 0.25) is 5.95 Å². The third kappa shape index (κ3) is 4.14. The van der Waals surface area contributed by atoms with Crippen molar-refractivity contribution < 1.29 is 4.92 Å². The molecule has 9 nitrogen and oxygen atoms in total. The van der Waals surface area contributed by atoms with Crippen LogP contribution in [-0.4, -0.2) is 46.1 Å². The van der Waals surface area contributed by atoms with Gasteiger partial charge in [0.25, 0.3) is 5.69 Å². The van der Waals surface area contributed by atoms with Crippen LogP contribution in [0.25, 0.3) is 11.0 Å². The van der Waals surface area contributed by atoms with Gasteiger partial charge in [0.05, 0.1) is 21.5 Å². The molecule has 1 N–H and O–H groups in total. The molecule has 1 aliphatic rings. The number of imidazole rings is 1. The Morgan fingerprint density at radius 3 is 2.55 bits per heavy atom. The summed E-state index contributed by atoms with van der Waals surface area (Å²) in [5.41, 5.74) is 2.83. The molecule has 0 atom stereocenters. The molecule has 0 radical (unpaired) electrons.